The number of primary amides is 1. The van der Waals surface area contributed by atoms with Gasteiger partial charge in [0.2, 0.25) is 17.8 Å². The van der Waals surface area contributed by atoms with Gasteiger partial charge in [-0.1, -0.05) is 23.2 Å². The van der Waals surface area contributed by atoms with Crippen LogP contribution in [0.3, 0.4) is 0 Å². The second-order valence-electron chi connectivity index (χ2n) is 9.17. The molecule has 2 aromatic heterocycles. The van der Waals surface area contributed by atoms with Crippen LogP contribution in [0.4, 0.5) is 17.6 Å². The van der Waals surface area contributed by atoms with Crippen molar-refractivity contribution in [3.8, 4) is 0 Å². The van der Waals surface area contributed by atoms with E-state index in [4.69, 9.17) is 38.9 Å². The number of aliphatic hydroxyl groups is 1. The molecule has 0 aliphatic heterocycles. The highest BCUT2D eigenvalue weighted by atomic mass is 35.5. The molecule has 34 heavy (non-hydrogen) atoms. The maximum absolute atomic E-state index is 11.7. The maximum atomic E-state index is 11.7. The van der Waals surface area contributed by atoms with Crippen molar-refractivity contribution in [3.05, 3.63) is 34.4 Å². The number of rotatable bonds is 6. The molecule has 0 spiro atoms. The van der Waals surface area contributed by atoms with E-state index in [-0.39, 0.29) is 30.0 Å². The molecule has 2 aliphatic carbocycles. The number of anilines is 3. The van der Waals surface area contributed by atoms with E-state index >= 15 is 0 Å². The lowest BCUT2D eigenvalue weighted by Crippen LogP contribution is -2.28. The Balaban J connectivity index is 1.50. The summed E-state index contributed by atoms with van der Waals surface area (Å²) >= 11 is 12.5. The lowest BCUT2D eigenvalue weighted by atomic mass is 9.85. The standard InChI is InChI=1S/C23H27Cl2N7O2/c24-13-3-8-18(17(25)9-13)29-23-30-19-11-27-22(28-14-4-7-16(33)10-14)31-21(19)32(23)15-5-1-12(2-6-15)20(26)34/h3,8-9,11-12,14-16,33H,1-2,4-7,10H2,(H2,26,34)(H,29,30)(H,27,28,31)/t12?,14-,15?,16-/m1/s1. The fourth-order valence-electron chi connectivity index (χ4n) is 5.00. The normalized spacial score (nSPS) is 24.9. The Morgan fingerprint density at radius 1 is 1.12 bits per heavy atom. The molecule has 5 rings (SSSR count). The molecule has 2 saturated carbocycles. The summed E-state index contributed by atoms with van der Waals surface area (Å²) in [6, 6.07) is 5.47. The van der Waals surface area contributed by atoms with E-state index in [1.807, 2.05) is 6.07 Å². The van der Waals surface area contributed by atoms with E-state index in [2.05, 4.69) is 20.2 Å². The fraction of sp³-hybridized carbons (Fsp3) is 0.478. The van der Waals surface area contributed by atoms with Gasteiger partial charge < -0.3 is 21.5 Å². The van der Waals surface area contributed by atoms with Crippen LogP contribution in [-0.2, 0) is 4.79 Å². The Morgan fingerprint density at radius 3 is 2.59 bits per heavy atom. The number of amides is 1. The number of hydrogen-bond acceptors (Lipinski definition) is 7. The van der Waals surface area contributed by atoms with Gasteiger partial charge in [-0.3, -0.25) is 9.36 Å². The average molecular weight is 504 g/mol. The second kappa shape index (κ2) is 9.56. The minimum Gasteiger partial charge on any atom is -0.393 e. The van der Waals surface area contributed by atoms with Crippen molar-refractivity contribution in [2.45, 2.75) is 63.1 Å². The highest BCUT2D eigenvalue weighted by molar-refractivity contribution is 6.36. The number of halogens is 2. The third kappa shape index (κ3) is 4.78. The predicted molar refractivity (Wildman–Crippen MR) is 133 cm³/mol. The van der Waals surface area contributed by atoms with Gasteiger partial charge in [0.05, 0.1) is 23.0 Å². The van der Waals surface area contributed by atoms with Crippen molar-refractivity contribution in [1.29, 1.82) is 0 Å². The number of hydrogen-bond donors (Lipinski definition) is 4. The number of nitrogens with one attached hydrogen (secondary N) is 2. The molecule has 0 radical (unpaired) electrons. The molecule has 1 aromatic carbocycles. The second-order valence-corrected chi connectivity index (χ2v) is 10.0. The van der Waals surface area contributed by atoms with Gasteiger partial charge in [-0.05, 0) is 63.1 Å². The fourth-order valence-corrected chi connectivity index (χ4v) is 5.45. The minimum atomic E-state index is -0.285. The molecule has 11 heteroatoms. The first-order valence-electron chi connectivity index (χ1n) is 11.6. The zero-order valence-electron chi connectivity index (χ0n) is 18.5. The van der Waals surface area contributed by atoms with E-state index in [0.717, 1.165) is 38.5 Å². The summed E-state index contributed by atoms with van der Waals surface area (Å²) in [7, 11) is 0. The van der Waals surface area contributed by atoms with E-state index in [9.17, 15) is 9.90 Å². The maximum Gasteiger partial charge on any atom is 0.224 e. The van der Waals surface area contributed by atoms with Crippen molar-refractivity contribution in [1.82, 2.24) is 19.5 Å². The van der Waals surface area contributed by atoms with E-state index < -0.39 is 0 Å². The van der Waals surface area contributed by atoms with Crippen LogP contribution in [0.1, 0.15) is 51.0 Å². The molecule has 2 fully saturated rings. The molecule has 3 aromatic rings. The van der Waals surface area contributed by atoms with E-state index in [1.165, 1.54) is 0 Å². The number of carbonyl (C=O) groups is 1. The number of nitrogens with zero attached hydrogens (tertiary/aromatic N) is 4. The third-order valence-corrected chi connectivity index (χ3v) is 7.36. The highest BCUT2D eigenvalue weighted by Gasteiger charge is 2.30. The van der Waals surface area contributed by atoms with E-state index in [1.54, 1.807) is 18.3 Å². The van der Waals surface area contributed by atoms with Gasteiger partial charge in [-0.2, -0.15) is 4.98 Å². The van der Waals surface area contributed by atoms with Gasteiger partial charge in [0.1, 0.15) is 5.52 Å². The van der Waals surface area contributed by atoms with Crippen molar-refractivity contribution in [2.24, 2.45) is 11.7 Å². The van der Waals surface area contributed by atoms with Crippen LogP contribution in [0.25, 0.3) is 11.2 Å². The number of aromatic nitrogens is 4. The Kier molecular flexibility index (Phi) is 6.50. The number of benzene rings is 1. The Labute approximate surface area is 207 Å². The molecule has 180 valence electrons. The quantitative estimate of drug-likeness (QED) is 0.391. The van der Waals surface area contributed by atoms with Crippen molar-refractivity contribution in [3.63, 3.8) is 0 Å². The number of imidazole rings is 1. The average Bonchev–Trinajstić information content (AvgIpc) is 3.38. The van der Waals surface area contributed by atoms with Gasteiger partial charge in [-0.25, -0.2) is 9.97 Å². The first-order chi connectivity index (χ1) is 16.4. The summed E-state index contributed by atoms with van der Waals surface area (Å²) in [5.41, 5.74) is 7.58. The number of aliphatic hydroxyl groups excluding tert-OH is 1. The lowest BCUT2D eigenvalue weighted by molar-refractivity contribution is -0.122. The third-order valence-electron chi connectivity index (χ3n) is 6.81. The van der Waals surface area contributed by atoms with Crippen LogP contribution in [0.5, 0.6) is 0 Å². The SMILES string of the molecule is NC(=O)C1CCC(n2c(Nc3ccc(Cl)cc3Cl)nc3cnc(N[C@@H]4CC[C@@H](O)C4)nc32)CC1. The summed E-state index contributed by atoms with van der Waals surface area (Å²) in [6.07, 6.45) is 6.75. The summed E-state index contributed by atoms with van der Waals surface area (Å²) in [6.45, 7) is 0. The minimum absolute atomic E-state index is 0.0882. The zero-order valence-corrected chi connectivity index (χ0v) is 20.1. The van der Waals surface area contributed by atoms with Gasteiger partial charge >= 0.3 is 0 Å². The van der Waals surface area contributed by atoms with Crippen molar-refractivity contribution < 1.29 is 9.90 Å². The number of carbonyl (C=O) groups excluding carboxylic acids is 1. The predicted octanol–water partition coefficient (Wildman–Crippen LogP) is 4.42. The Morgan fingerprint density at radius 2 is 1.91 bits per heavy atom. The van der Waals surface area contributed by atoms with Crippen LogP contribution in [0, 0.1) is 5.92 Å². The summed E-state index contributed by atoms with van der Waals surface area (Å²) in [5, 5.41) is 17.6. The van der Waals surface area contributed by atoms with Crippen molar-refractivity contribution >= 4 is 57.9 Å². The van der Waals surface area contributed by atoms with Crippen LogP contribution >= 0.6 is 23.2 Å². The molecule has 1 amide bonds. The molecule has 0 unspecified atom stereocenters. The first kappa shape index (κ1) is 23.1. The van der Waals surface area contributed by atoms with Crippen LogP contribution in [-0.4, -0.2) is 42.7 Å². The monoisotopic (exact) mass is 503 g/mol. The van der Waals surface area contributed by atoms with Crippen molar-refractivity contribution in [2.75, 3.05) is 10.6 Å². The van der Waals surface area contributed by atoms with Gasteiger partial charge in [0.25, 0.3) is 0 Å². The smallest absolute Gasteiger partial charge is 0.224 e. The molecular weight excluding hydrogens is 477 g/mol. The molecule has 9 nitrogen and oxygen atoms in total. The molecular formula is C23H27Cl2N7O2. The molecule has 5 N–H and O–H groups in total. The summed E-state index contributed by atoms with van der Waals surface area (Å²) in [5.74, 6) is 0.765. The molecule has 2 heterocycles. The van der Waals surface area contributed by atoms with Gasteiger partial charge in [-0.15, -0.1) is 0 Å². The topological polar surface area (TPSA) is 131 Å². The molecule has 2 atom stereocenters. The Hall–Kier alpha value is -2.62. The Bertz CT molecular complexity index is 1210. The summed E-state index contributed by atoms with van der Waals surface area (Å²) < 4.78 is 2.08. The van der Waals surface area contributed by atoms with E-state index in [0.29, 0.717) is 45.2 Å². The lowest BCUT2D eigenvalue weighted by Gasteiger charge is -2.29. The largest absolute Gasteiger partial charge is 0.393 e. The number of nitrogens with two attached hydrogens (primary N) is 1. The summed E-state index contributed by atoms with van der Waals surface area (Å²) in [4.78, 5) is 25.7. The molecule has 2 aliphatic rings. The first-order valence-corrected chi connectivity index (χ1v) is 12.3. The number of fused-ring (bicyclic) bond motifs is 1. The van der Waals surface area contributed by atoms with Crippen LogP contribution in [0.15, 0.2) is 24.4 Å². The molecule has 0 saturated heterocycles. The highest BCUT2D eigenvalue weighted by Crippen LogP contribution is 2.38. The van der Waals surface area contributed by atoms with Crippen LogP contribution in [0.2, 0.25) is 10.0 Å². The van der Waals surface area contributed by atoms with Gasteiger partial charge in [0.15, 0.2) is 5.65 Å². The molecule has 0 bridgehead atoms. The van der Waals surface area contributed by atoms with Crippen LogP contribution < -0.4 is 16.4 Å². The zero-order chi connectivity index (χ0) is 23.8. The van der Waals surface area contributed by atoms with Gasteiger partial charge in [0, 0.05) is 23.0 Å².